The molecule has 22 heavy (non-hydrogen) atoms. The molecule has 0 saturated carbocycles. The van der Waals surface area contributed by atoms with Crippen LogP contribution in [0.4, 0.5) is 0 Å². The van der Waals surface area contributed by atoms with E-state index in [2.05, 4.69) is 23.0 Å². The van der Waals surface area contributed by atoms with Crippen LogP contribution in [0.5, 0.6) is 0 Å². The number of hydrogen-bond acceptors (Lipinski definition) is 3. The van der Waals surface area contributed by atoms with E-state index in [0.717, 1.165) is 11.1 Å². The lowest BCUT2D eigenvalue weighted by Crippen LogP contribution is -2.29. The molecule has 1 aromatic heterocycles. The van der Waals surface area contributed by atoms with Crippen LogP contribution >= 0.6 is 0 Å². The fourth-order valence-corrected chi connectivity index (χ4v) is 2.48. The third-order valence-corrected chi connectivity index (χ3v) is 4.00. The summed E-state index contributed by atoms with van der Waals surface area (Å²) in [4.78, 5) is 27.9. The first-order valence-electron chi connectivity index (χ1n) is 7.04. The fourth-order valence-electron chi connectivity index (χ4n) is 2.48. The molecule has 3 rings (SSSR count). The number of aromatic nitrogens is 2. The molecule has 112 valence electrons. The summed E-state index contributed by atoms with van der Waals surface area (Å²) in [6, 6.07) is 11.2. The molecule has 0 fully saturated rings. The van der Waals surface area contributed by atoms with Crippen LogP contribution in [0.1, 0.15) is 28.3 Å². The number of nitrogens with one attached hydrogen (secondary N) is 2. The lowest BCUT2D eigenvalue weighted by molar-refractivity contribution is 0.869. The van der Waals surface area contributed by atoms with Crippen molar-refractivity contribution in [1.82, 2.24) is 9.97 Å². The van der Waals surface area contributed by atoms with Crippen LogP contribution in [0.25, 0.3) is 11.0 Å². The van der Waals surface area contributed by atoms with Gasteiger partial charge in [0.1, 0.15) is 0 Å². The summed E-state index contributed by atoms with van der Waals surface area (Å²) in [5, 5.41) is 0. The predicted octanol–water partition coefficient (Wildman–Crippen LogP) is 1.88. The molecule has 4 N–H and O–H groups in total. The summed E-state index contributed by atoms with van der Waals surface area (Å²) in [5.74, 6) is 0. The highest BCUT2D eigenvalue weighted by molar-refractivity contribution is 5.74. The molecule has 5 nitrogen and oxygen atoms in total. The maximum atomic E-state index is 11.4. The van der Waals surface area contributed by atoms with E-state index < -0.39 is 11.1 Å². The molecule has 0 spiro atoms. The first-order valence-corrected chi connectivity index (χ1v) is 7.04. The number of benzene rings is 2. The van der Waals surface area contributed by atoms with Gasteiger partial charge >= 0.3 is 11.1 Å². The molecule has 0 saturated heterocycles. The van der Waals surface area contributed by atoms with Crippen molar-refractivity contribution in [3.8, 4) is 0 Å². The van der Waals surface area contributed by atoms with Crippen molar-refractivity contribution in [1.29, 1.82) is 0 Å². The van der Waals surface area contributed by atoms with E-state index in [1.807, 2.05) is 25.1 Å². The van der Waals surface area contributed by atoms with Gasteiger partial charge < -0.3 is 15.7 Å². The van der Waals surface area contributed by atoms with Crippen molar-refractivity contribution in [3.05, 3.63) is 79.4 Å². The molecule has 1 unspecified atom stereocenters. The summed E-state index contributed by atoms with van der Waals surface area (Å²) in [6.07, 6.45) is 0. The van der Waals surface area contributed by atoms with Gasteiger partial charge in [-0.2, -0.15) is 0 Å². The van der Waals surface area contributed by atoms with E-state index in [4.69, 9.17) is 5.73 Å². The third-order valence-electron chi connectivity index (χ3n) is 4.00. The van der Waals surface area contributed by atoms with Gasteiger partial charge in [-0.1, -0.05) is 24.3 Å². The summed E-state index contributed by atoms with van der Waals surface area (Å²) < 4.78 is 0. The normalized spacial score (nSPS) is 12.5. The van der Waals surface area contributed by atoms with E-state index in [1.54, 1.807) is 12.1 Å². The Kier molecular flexibility index (Phi) is 3.42. The maximum absolute atomic E-state index is 11.4. The van der Waals surface area contributed by atoms with Crippen LogP contribution in [-0.4, -0.2) is 9.97 Å². The number of fused-ring (bicyclic) bond motifs is 1. The van der Waals surface area contributed by atoms with Gasteiger partial charge in [-0.3, -0.25) is 9.59 Å². The second-order valence-corrected chi connectivity index (χ2v) is 5.53. The van der Waals surface area contributed by atoms with Gasteiger partial charge in [0.05, 0.1) is 17.1 Å². The van der Waals surface area contributed by atoms with Crippen molar-refractivity contribution in [2.75, 3.05) is 0 Å². The SMILES string of the molecule is Cc1ccc(C(N)c2ccc3[nH]c(=O)c(=O)[nH]c3c2)cc1C. The molecular formula is C17H17N3O2. The lowest BCUT2D eigenvalue weighted by Gasteiger charge is -2.15. The van der Waals surface area contributed by atoms with Crippen molar-refractivity contribution in [2.45, 2.75) is 19.9 Å². The van der Waals surface area contributed by atoms with Crippen molar-refractivity contribution < 1.29 is 0 Å². The van der Waals surface area contributed by atoms with Crippen molar-refractivity contribution >= 4 is 11.0 Å². The quantitative estimate of drug-likeness (QED) is 0.630. The van der Waals surface area contributed by atoms with Crippen LogP contribution in [0.3, 0.4) is 0 Å². The summed E-state index contributed by atoms with van der Waals surface area (Å²) in [6.45, 7) is 4.11. The summed E-state index contributed by atoms with van der Waals surface area (Å²) >= 11 is 0. The molecule has 0 bridgehead atoms. The minimum Gasteiger partial charge on any atom is -0.320 e. The second-order valence-electron chi connectivity index (χ2n) is 5.53. The highest BCUT2D eigenvalue weighted by Crippen LogP contribution is 2.23. The molecule has 5 heteroatoms. The maximum Gasteiger partial charge on any atom is 0.314 e. The van der Waals surface area contributed by atoms with Crippen LogP contribution < -0.4 is 16.9 Å². The standard InChI is InChI=1S/C17H17N3O2/c1-9-3-4-11(7-10(9)2)15(18)12-5-6-13-14(8-12)20-17(22)16(21)19-13/h3-8,15H,18H2,1-2H3,(H,19,21)(H,20,22). The lowest BCUT2D eigenvalue weighted by atomic mass is 9.96. The Morgan fingerprint density at radius 1 is 0.818 bits per heavy atom. The number of rotatable bonds is 2. The molecule has 3 aromatic rings. The van der Waals surface area contributed by atoms with Gasteiger partial charge in [0.15, 0.2) is 0 Å². The summed E-state index contributed by atoms with van der Waals surface area (Å²) in [7, 11) is 0. The molecule has 0 amide bonds. The number of nitrogens with two attached hydrogens (primary N) is 1. The number of aromatic amines is 2. The molecule has 1 heterocycles. The smallest absolute Gasteiger partial charge is 0.314 e. The Labute approximate surface area is 126 Å². The van der Waals surface area contributed by atoms with Crippen LogP contribution in [0.15, 0.2) is 46.0 Å². The van der Waals surface area contributed by atoms with Gasteiger partial charge in [0.25, 0.3) is 0 Å². The zero-order valence-electron chi connectivity index (χ0n) is 12.4. The highest BCUT2D eigenvalue weighted by atomic mass is 16.2. The van der Waals surface area contributed by atoms with Crippen molar-refractivity contribution in [2.24, 2.45) is 5.73 Å². The fraction of sp³-hybridized carbons (Fsp3) is 0.176. The predicted molar refractivity (Wildman–Crippen MR) is 87.1 cm³/mol. The largest absolute Gasteiger partial charge is 0.320 e. The van der Waals surface area contributed by atoms with Crippen LogP contribution in [0.2, 0.25) is 0 Å². The van der Waals surface area contributed by atoms with Crippen LogP contribution in [-0.2, 0) is 0 Å². The molecule has 0 aliphatic carbocycles. The molecule has 1 atom stereocenters. The third kappa shape index (κ3) is 2.46. The molecular weight excluding hydrogens is 278 g/mol. The monoisotopic (exact) mass is 295 g/mol. The molecule has 0 radical (unpaired) electrons. The Morgan fingerprint density at radius 2 is 1.41 bits per heavy atom. The van der Waals surface area contributed by atoms with Gasteiger partial charge in [0.2, 0.25) is 0 Å². The first kappa shape index (κ1) is 14.3. The zero-order chi connectivity index (χ0) is 15.9. The van der Waals surface area contributed by atoms with E-state index >= 15 is 0 Å². The van der Waals surface area contributed by atoms with E-state index in [1.165, 1.54) is 11.1 Å². The van der Waals surface area contributed by atoms with E-state index in [-0.39, 0.29) is 6.04 Å². The number of H-pyrrole nitrogens is 2. The minimum atomic E-state index is -0.663. The Hall–Kier alpha value is -2.66. The van der Waals surface area contributed by atoms with E-state index in [0.29, 0.717) is 11.0 Å². The Morgan fingerprint density at radius 3 is 2.09 bits per heavy atom. The summed E-state index contributed by atoms with van der Waals surface area (Å²) in [5.41, 5.74) is 10.5. The molecule has 0 aliphatic heterocycles. The van der Waals surface area contributed by atoms with Crippen molar-refractivity contribution in [3.63, 3.8) is 0 Å². The van der Waals surface area contributed by atoms with Gasteiger partial charge in [0, 0.05) is 0 Å². The van der Waals surface area contributed by atoms with Crippen LogP contribution in [0, 0.1) is 13.8 Å². The van der Waals surface area contributed by atoms with Gasteiger partial charge in [-0.15, -0.1) is 0 Å². The number of aryl methyl sites for hydroxylation is 2. The second kappa shape index (κ2) is 5.27. The van der Waals surface area contributed by atoms with Gasteiger partial charge in [-0.05, 0) is 48.2 Å². The van der Waals surface area contributed by atoms with E-state index in [9.17, 15) is 9.59 Å². The zero-order valence-corrected chi connectivity index (χ0v) is 12.4. The molecule has 0 aliphatic rings. The number of hydrogen-bond donors (Lipinski definition) is 3. The minimum absolute atomic E-state index is 0.292. The Balaban J connectivity index is 2.09. The molecule has 2 aromatic carbocycles. The highest BCUT2D eigenvalue weighted by Gasteiger charge is 2.11. The Bertz CT molecular complexity index is 970. The first-order chi connectivity index (χ1) is 10.5. The topological polar surface area (TPSA) is 91.7 Å². The average Bonchev–Trinajstić information content (AvgIpc) is 2.50. The van der Waals surface area contributed by atoms with Gasteiger partial charge in [-0.25, -0.2) is 0 Å². The average molecular weight is 295 g/mol.